The van der Waals surface area contributed by atoms with Crippen LogP contribution in [-0.2, 0) is 15.9 Å². The van der Waals surface area contributed by atoms with Gasteiger partial charge in [-0.2, -0.15) is 0 Å². The Morgan fingerprint density at radius 1 is 0.967 bits per heavy atom. The minimum Gasteiger partial charge on any atom is -0.384 e. The number of carbonyl (C=O) groups is 2. The zero-order chi connectivity index (χ0) is 21.7. The van der Waals surface area contributed by atoms with Crippen molar-refractivity contribution in [3.63, 3.8) is 0 Å². The van der Waals surface area contributed by atoms with Gasteiger partial charge in [0.05, 0.1) is 17.8 Å². The Balaban J connectivity index is 1.90. The lowest BCUT2D eigenvalue weighted by molar-refractivity contribution is 0.0768. The lowest BCUT2D eigenvalue weighted by Gasteiger charge is -2.22. The largest absolute Gasteiger partial charge is 0.384 e. The first-order valence-electron chi connectivity index (χ1n) is 10.8. The Hall–Kier alpha value is -2.44. The highest BCUT2D eigenvalue weighted by Gasteiger charge is 2.28. The molecule has 0 atom stereocenters. The van der Waals surface area contributed by atoms with Crippen molar-refractivity contribution in [2.75, 3.05) is 25.1 Å². The molecule has 0 aromatic heterocycles. The van der Waals surface area contributed by atoms with Crippen LogP contribution >= 0.6 is 0 Å². The number of rotatable bonds is 11. The number of aryl methyl sites for hydroxylation is 1. The molecule has 2 N–H and O–H groups in total. The summed E-state index contributed by atoms with van der Waals surface area (Å²) in [5.41, 5.74) is 3.04. The summed E-state index contributed by atoms with van der Waals surface area (Å²) < 4.78 is 11.3. The molecular formula is C24H32N2O4. The molecule has 2 aromatic rings. The second-order valence-corrected chi connectivity index (χ2v) is 8.19. The van der Waals surface area contributed by atoms with Gasteiger partial charge < -0.3 is 14.8 Å². The number of imide groups is 1. The third kappa shape index (κ3) is 5.18. The molecule has 1 aliphatic heterocycles. The molecule has 0 fully saturated rings. The predicted molar refractivity (Wildman–Crippen MR) is 119 cm³/mol. The number of anilines is 1. The van der Waals surface area contributed by atoms with Crippen molar-refractivity contribution in [2.45, 2.75) is 59.2 Å². The standard InChI is InChI=1S/C24H32N2O4/c1-15(2)29-12-6-8-17-14-20(25-11-7-13-30-16(3)4)18-9-5-10-19-22(18)21(17)24(28)26-23(19)27/h5,9-10,14-16,25H,6-8,11-13H2,1-4H3,(H,26,27,28). The minimum atomic E-state index is -0.338. The number of nitrogens with one attached hydrogen (secondary N) is 2. The Kier molecular flexibility index (Phi) is 7.45. The van der Waals surface area contributed by atoms with E-state index in [4.69, 9.17) is 9.47 Å². The number of hydrogen-bond acceptors (Lipinski definition) is 5. The second-order valence-electron chi connectivity index (χ2n) is 8.19. The summed E-state index contributed by atoms with van der Waals surface area (Å²) in [6.07, 6.45) is 2.78. The summed E-state index contributed by atoms with van der Waals surface area (Å²) in [4.78, 5) is 25.1. The van der Waals surface area contributed by atoms with Gasteiger partial charge in [0.15, 0.2) is 0 Å². The predicted octanol–water partition coefficient (Wildman–Crippen LogP) is 4.31. The molecule has 0 saturated carbocycles. The molecule has 1 aliphatic rings. The van der Waals surface area contributed by atoms with Crippen LogP contribution in [-0.4, -0.2) is 43.8 Å². The lowest BCUT2D eigenvalue weighted by atomic mass is 9.89. The maximum absolute atomic E-state index is 12.7. The van der Waals surface area contributed by atoms with Crippen molar-refractivity contribution in [2.24, 2.45) is 0 Å². The smallest absolute Gasteiger partial charge is 0.259 e. The molecule has 1 heterocycles. The third-order valence-electron chi connectivity index (χ3n) is 5.07. The average molecular weight is 413 g/mol. The summed E-state index contributed by atoms with van der Waals surface area (Å²) in [6.45, 7) is 10.1. The van der Waals surface area contributed by atoms with Crippen LogP contribution in [0.3, 0.4) is 0 Å². The van der Waals surface area contributed by atoms with Gasteiger partial charge in [0.2, 0.25) is 0 Å². The highest BCUT2D eigenvalue weighted by atomic mass is 16.5. The van der Waals surface area contributed by atoms with Crippen LogP contribution in [0.15, 0.2) is 24.3 Å². The van der Waals surface area contributed by atoms with E-state index in [0.29, 0.717) is 30.8 Å². The third-order valence-corrected chi connectivity index (χ3v) is 5.07. The molecule has 2 amide bonds. The number of ether oxygens (including phenoxy) is 2. The van der Waals surface area contributed by atoms with E-state index in [1.165, 1.54) is 0 Å². The topological polar surface area (TPSA) is 76.7 Å². The van der Waals surface area contributed by atoms with Crippen molar-refractivity contribution in [3.05, 3.63) is 41.0 Å². The van der Waals surface area contributed by atoms with Crippen LogP contribution in [0.5, 0.6) is 0 Å². The number of carbonyl (C=O) groups excluding carboxylic acids is 2. The first-order valence-corrected chi connectivity index (χ1v) is 10.8. The molecule has 0 bridgehead atoms. The average Bonchev–Trinajstić information content (AvgIpc) is 2.69. The zero-order valence-electron chi connectivity index (χ0n) is 18.3. The summed E-state index contributed by atoms with van der Waals surface area (Å²) >= 11 is 0. The van der Waals surface area contributed by atoms with E-state index < -0.39 is 0 Å². The molecule has 0 spiro atoms. The minimum absolute atomic E-state index is 0.178. The van der Waals surface area contributed by atoms with Crippen molar-refractivity contribution < 1.29 is 19.1 Å². The highest BCUT2D eigenvalue weighted by Crippen LogP contribution is 2.35. The normalized spacial score (nSPS) is 13.4. The lowest BCUT2D eigenvalue weighted by Crippen LogP contribution is -2.35. The van der Waals surface area contributed by atoms with E-state index in [9.17, 15) is 9.59 Å². The van der Waals surface area contributed by atoms with E-state index in [-0.39, 0.29) is 24.0 Å². The van der Waals surface area contributed by atoms with E-state index >= 15 is 0 Å². The maximum atomic E-state index is 12.7. The zero-order valence-corrected chi connectivity index (χ0v) is 18.3. The number of amides is 2. The van der Waals surface area contributed by atoms with E-state index in [1.807, 2.05) is 39.8 Å². The summed E-state index contributed by atoms with van der Waals surface area (Å²) in [5.74, 6) is -0.657. The fourth-order valence-corrected chi connectivity index (χ4v) is 3.75. The molecule has 3 rings (SSSR count). The van der Waals surface area contributed by atoms with E-state index in [2.05, 4.69) is 16.7 Å². The fraction of sp³-hybridized carbons (Fsp3) is 0.500. The highest BCUT2D eigenvalue weighted by molar-refractivity contribution is 6.27. The molecule has 0 unspecified atom stereocenters. The fourth-order valence-electron chi connectivity index (χ4n) is 3.75. The molecule has 162 valence electrons. The van der Waals surface area contributed by atoms with Gasteiger partial charge in [0.25, 0.3) is 11.8 Å². The summed E-state index contributed by atoms with van der Waals surface area (Å²) in [5, 5.41) is 7.62. The monoisotopic (exact) mass is 412 g/mol. The SMILES string of the molecule is CC(C)OCCCNc1cc(CCCOC(C)C)c2c3c(cccc13)C(=O)NC2=O. The van der Waals surface area contributed by atoms with Crippen molar-refractivity contribution in [1.29, 1.82) is 0 Å². The van der Waals surface area contributed by atoms with Gasteiger partial charge in [-0.15, -0.1) is 0 Å². The van der Waals surface area contributed by atoms with E-state index in [0.717, 1.165) is 41.4 Å². The molecular weight excluding hydrogens is 380 g/mol. The Labute approximate surface area is 178 Å². The van der Waals surface area contributed by atoms with E-state index in [1.54, 1.807) is 6.07 Å². The molecule has 0 radical (unpaired) electrons. The number of hydrogen-bond donors (Lipinski definition) is 2. The van der Waals surface area contributed by atoms with Gasteiger partial charge in [-0.1, -0.05) is 12.1 Å². The molecule has 30 heavy (non-hydrogen) atoms. The van der Waals surface area contributed by atoms with Gasteiger partial charge in [-0.3, -0.25) is 14.9 Å². The van der Waals surface area contributed by atoms with Gasteiger partial charge in [-0.25, -0.2) is 0 Å². The molecule has 6 heteroatoms. The quantitative estimate of drug-likeness (QED) is 0.425. The molecule has 0 saturated heterocycles. The van der Waals surface area contributed by atoms with Crippen LogP contribution in [0.2, 0.25) is 0 Å². The van der Waals surface area contributed by atoms with Crippen molar-refractivity contribution in [1.82, 2.24) is 5.32 Å². The first-order chi connectivity index (χ1) is 14.4. The maximum Gasteiger partial charge on any atom is 0.259 e. The van der Waals surface area contributed by atoms with Crippen LogP contribution in [0.25, 0.3) is 10.8 Å². The van der Waals surface area contributed by atoms with Gasteiger partial charge >= 0.3 is 0 Å². The van der Waals surface area contributed by atoms with Crippen molar-refractivity contribution in [3.8, 4) is 0 Å². The van der Waals surface area contributed by atoms with Crippen LogP contribution in [0, 0.1) is 0 Å². The van der Waals surface area contributed by atoms with Crippen LogP contribution in [0.1, 0.15) is 66.8 Å². The Morgan fingerprint density at radius 3 is 2.37 bits per heavy atom. The molecule has 6 nitrogen and oxygen atoms in total. The van der Waals surface area contributed by atoms with Gasteiger partial charge in [-0.05, 0) is 64.7 Å². The summed E-state index contributed by atoms with van der Waals surface area (Å²) in [6, 6.07) is 7.65. The Morgan fingerprint density at radius 2 is 1.67 bits per heavy atom. The number of benzene rings is 2. The summed E-state index contributed by atoms with van der Waals surface area (Å²) in [7, 11) is 0. The second kappa shape index (κ2) is 10.0. The van der Waals surface area contributed by atoms with Crippen molar-refractivity contribution >= 4 is 28.3 Å². The molecule has 0 aliphatic carbocycles. The van der Waals surface area contributed by atoms with Gasteiger partial charge in [0.1, 0.15) is 0 Å². The van der Waals surface area contributed by atoms with Crippen LogP contribution < -0.4 is 10.6 Å². The molecule has 2 aromatic carbocycles. The first kappa shape index (κ1) is 22.2. The Bertz CT molecular complexity index is 921. The van der Waals surface area contributed by atoms with Gasteiger partial charge in [0, 0.05) is 41.8 Å². The van der Waals surface area contributed by atoms with Crippen LogP contribution in [0.4, 0.5) is 5.69 Å².